The molecule has 0 spiro atoms. The molecule has 4 saturated carbocycles. The number of aliphatic hydroxyl groups excluding tert-OH is 1. The van der Waals surface area contributed by atoms with Crippen LogP contribution in [0, 0.1) is 23.2 Å². The first-order valence-corrected chi connectivity index (χ1v) is 7.62. The van der Waals surface area contributed by atoms with E-state index in [1.165, 1.54) is 19.3 Å². The van der Waals surface area contributed by atoms with Crippen molar-refractivity contribution in [3.63, 3.8) is 0 Å². The maximum atomic E-state index is 12.9. The van der Waals surface area contributed by atoms with Gasteiger partial charge in [0, 0.05) is 13.1 Å². The van der Waals surface area contributed by atoms with Gasteiger partial charge in [-0.15, -0.1) is 0 Å². The van der Waals surface area contributed by atoms with Gasteiger partial charge in [-0.3, -0.25) is 4.79 Å². The first-order chi connectivity index (χ1) is 8.64. The average molecular weight is 249 g/mol. The molecule has 0 aromatic heterocycles. The molecule has 18 heavy (non-hydrogen) atoms. The van der Waals surface area contributed by atoms with Crippen molar-refractivity contribution in [1.29, 1.82) is 0 Å². The van der Waals surface area contributed by atoms with Gasteiger partial charge in [0.05, 0.1) is 11.5 Å². The lowest BCUT2D eigenvalue weighted by Crippen LogP contribution is -2.54. The molecule has 1 atom stereocenters. The van der Waals surface area contributed by atoms with Crippen LogP contribution in [0.15, 0.2) is 0 Å². The van der Waals surface area contributed by atoms with Crippen molar-refractivity contribution in [2.24, 2.45) is 23.2 Å². The maximum Gasteiger partial charge on any atom is 0.228 e. The normalized spacial score (nSPS) is 49.9. The summed E-state index contributed by atoms with van der Waals surface area (Å²) in [6, 6.07) is 0. The fraction of sp³-hybridized carbons (Fsp3) is 0.933. The largest absolute Gasteiger partial charge is 0.391 e. The molecule has 0 aromatic rings. The van der Waals surface area contributed by atoms with Gasteiger partial charge >= 0.3 is 0 Å². The smallest absolute Gasteiger partial charge is 0.228 e. The van der Waals surface area contributed by atoms with Crippen LogP contribution in [0.2, 0.25) is 0 Å². The standard InChI is InChI=1S/C15H23NO2/c17-13-1-2-16(9-13)14(18)15-6-10-3-11(7-15)5-12(4-10)8-15/h10-13,17H,1-9H2/t10?,11?,12?,13-,15?/m1/s1. The van der Waals surface area contributed by atoms with E-state index in [1.807, 2.05) is 4.90 Å². The summed E-state index contributed by atoms with van der Waals surface area (Å²) in [6.45, 7) is 1.36. The summed E-state index contributed by atoms with van der Waals surface area (Å²) < 4.78 is 0. The van der Waals surface area contributed by atoms with Crippen molar-refractivity contribution in [3.05, 3.63) is 0 Å². The second kappa shape index (κ2) is 3.72. The Balaban J connectivity index is 1.58. The van der Waals surface area contributed by atoms with Crippen LogP contribution in [0.4, 0.5) is 0 Å². The Morgan fingerprint density at radius 1 is 1.06 bits per heavy atom. The van der Waals surface area contributed by atoms with E-state index in [9.17, 15) is 9.90 Å². The summed E-state index contributed by atoms with van der Waals surface area (Å²) in [6.07, 6.45) is 8.08. The molecule has 1 heterocycles. The van der Waals surface area contributed by atoms with Gasteiger partial charge in [0.2, 0.25) is 5.91 Å². The first kappa shape index (κ1) is 11.3. The molecule has 5 rings (SSSR count). The van der Waals surface area contributed by atoms with E-state index in [0.717, 1.165) is 50.0 Å². The lowest BCUT2D eigenvalue weighted by molar-refractivity contribution is -0.156. The Kier molecular flexibility index (Phi) is 2.33. The molecule has 4 bridgehead atoms. The van der Waals surface area contributed by atoms with Crippen LogP contribution in [0.3, 0.4) is 0 Å². The summed E-state index contributed by atoms with van der Waals surface area (Å²) in [7, 11) is 0. The molecule has 1 amide bonds. The molecule has 4 aliphatic carbocycles. The van der Waals surface area contributed by atoms with Crippen molar-refractivity contribution in [3.8, 4) is 0 Å². The number of β-amino-alcohol motifs (C(OH)–C–C–N with tert-alkyl or cyclic N) is 1. The van der Waals surface area contributed by atoms with Crippen LogP contribution in [0.1, 0.15) is 44.9 Å². The Morgan fingerprint density at radius 3 is 2.06 bits per heavy atom. The molecule has 0 radical (unpaired) electrons. The predicted octanol–water partition coefficient (Wildman–Crippen LogP) is 1.80. The Morgan fingerprint density at radius 2 is 1.61 bits per heavy atom. The van der Waals surface area contributed by atoms with Crippen molar-refractivity contribution >= 4 is 5.91 Å². The lowest BCUT2D eigenvalue weighted by Gasteiger charge is -2.56. The molecular formula is C15H23NO2. The zero-order chi connectivity index (χ0) is 12.3. The molecule has 0 unspecified atom stereocenters. The number of likely N-dealkylation sites (tertiary alicyclic amines) is 1. The van der Waals surface area contributed by atoms with Gasteiger partial charge in [0.1, 0.15) is 0 Å². The third-order valence-electron chi connectivity index (χ3n) is 5.94. The van der Waals surface area contributed by atoms with E-state index in [2.05, 4.69) is 0 Å². The number of hydrogen-bond donors (Lipinski definition) is 1. The van der Waals surface area contributed by atoms with E-state index >= 15 is 0 Å². The van der Waals surface area contributed by atoms with Gasteiger partial charge in [-0.2, -0.15) is 0 Å². The molecular weight excluding hydrogens is 226 g/mol. The quantitative estimate of drug-likeness (QED) is 0.770. The van der Waals surface area contributed by atoms with E-state index in [4.69, 9.17) is 0 Å². The minimum Gasteiger partial charge on any atom is -0.391 e. The molecule has 3 nitrogen and oxygen atoms in total. The van der Waals surface area contributed by atoms with Gasteiger partial charge in [-0.25, -0.2) is 0 Å². The number of carbonyl (C=O) groups is 1. The van der Waals surface area contributed by atoms with Gasteiger partial charge in [0.25, 0.3) is 0 Å². The minimum atomic E-state index is -0.275. The zero-order valence-corrected chi connectivity index (χ0v) is 11.0. The number of nitrogens with zero attached hydrogens (tertiary/aromatic N) is 1. The number of rotatable bonds is 1. The molecule has 5 aliphatic rings. The molecule has 0 aromatic carbocycles. The Bertz CT molecular complexity index is 343. The number of aliphatic hydroxyl groups is 1. The van der Waals surface area contributed by atoms with Crippen molar-refractivity contribution in [2.45, 2.75) is 51.0 Å². The highest BCUT2D eigenvalue weighted by atomic mass is 16.3. The second-order valence-corrected chi connectivity index (χ2v) is 7.39. The van der Waals surface area contributed by atoms with Crippen molar-refractivity contribution in [2.75, 3.05) is 13.1 Å². The molecule has 100 valence electrons. The molecule has 1 N–H and O–H groups in total. The van der Waals surface area contributed by atoms with E-state index in [0.29, 0.717) is 12.5 Å². The molecule has 1 aliphatic heterocycles. The topological polar surface area (TPSA) is 40.5 Å². The van der Waals surface area contributed by atoms with Gasteiger partial charge < -0.3 is 10.0 Å². The average Bonchev–Trinajstić information content (AvgIpc) is 2.73. The maximum absolute atomic E-state index is 12.9. The van der Waals surface area contributed by atoms with E-state index in [-0.39, 0.29) is 11.5 Å². The Hall–Kier alpha value is -0.570. The zero-order valence-electron chi connectivity index (χ0n) is 11.0. The highest BCUT2D eigenvalue weighted by molar-refractivity contribution is 5.83. The lowest BCUT2D eigenvalue weighted by atomic mass is 9.49. The van der Waals surface area contributed by atoms with E-state index in [1.54, 1.807) is 0 Å². The fourth-order valence-corrected chi connectivity index (χ4v) is 5.63. The van der Waals surface area contributed by atoms with Crippen LogP contribution in [-0.4, -0.2) is 35.1 Å². The highest BCUT2D eigenvalue weighted by Gasteiger charge is 2.55. The molecule has 5 fully saturated rings. The first-order valence-electron chi connectivity index (χ1n) is 7.62. The van der Waals surface area contributed by atoms with Crippen LogP contribution in [-0.2, 0) is 4.79 Å². The summed E-state index contributed by atoms with van der Waals surface area (Å²) in [4.78, 5) is 14.8. The van der Waals surface area contributed by atoms with Gasteiger partial charge in [-0.05, 0) is 62.7 Å². The van der Waals surface area contributed by atoms with Crippen LogP contribution >= 0.6 is 0 Å². The van der Waals surface area contributed by atoms with Crippen molar-refractivity contribution < 1.29 is 9.90 Å². The fourth-order valence-electron chi connectivity index (χ4n) is 5.63. The monoisotopic (exact) mass is 249 g/mol. The molecule has 1 saturated heterocycles. The van der Waals surface area contributed by atoms with Crippen LogP contribution in [0.5, 0.6) is 0 Å². The SMILES string of the molecule is O=C(N1CC[C@@H](O)C1)C12CC3CC(CC(C3)C1)C2. The highest BCUT2D eigenvalue weighted by Crippen LogP contribution is 2.60. The van der Waals surface area contributed by atoms with Crippen LogP contribution in [0.25, 0.3) is 0 Å². The van der Waals surface area contributed by atoms with Crippen LogP contribution < -0.4 is 0 Å². The van der Waals surface area contributed by atoms with E-state index < -0.39 is 0 Å². The predicted molar refractivity (Wildman–Crippen MR) is 67.8 cm³/mol. The molecule has 3 heteroatoms. The number of carbonyl (C=O) groups excluding carboxylic acids is 1. The minimum absolute atomic E-state index is 0.0151. The third-order valence-corrected chi connectivity index (χ3v) is 5.94. The number of hydrogen-bond acceptors (Lipinski definition) is 2. The Labute approximate surface area is 109 Å². The summed E-state index contributed by atoms with van der Waals surface area (Å²) in [5, 5.41) is 9.64. The summed E-state index contributed by atoms with van der Waals surface area (Å²) >= 11 is 0. The van der Waals surface area contributed by atoms with Gasteiger partial charge in [-0.1, -0.05) is 0 Å². The van der Waals surface area contributed by atoms with Gasteiger partial charge in [0.15, 0.2) is 0 Å². The van der Waals surface area contributed by atoms with Crippen molar-refractivity contribution in [1.82, 2.24) is 4.90 Å². The summed E-state index contributed by atoms with van der Waals surface area (Å²) in [5.74, 6) is 2.87. The third kappa shape index (κ3) is 1.56. The summed E-state index contributed by atoms with van der Waals surface area (Å²) in [5.41, 5.74) is -0.0151. The second-order valence-electron chi connectivity index (χ2n) is 7.39. The number of amides is 1.